The van der Waals surface area contributed by atoms with E-state index in [1.54, 1.807) is 0 Å². The van der Waals surface area contributed by atoms with Crippen LogP contribution in [0.3, 0.4) is 0 Å². The van der Waals surface area contributed by atoms with E-state index in [-0.39, 0.29) is 0 Å². The Kier molecular flexibility index (Phi) is 17.8. The fourth-order valence-corrected chi connectivity index (χ4v) is 0.790. The second-order valence-corrected chi connectivity index (χ2v) is 3.01. The Hall–Kier alpha value is -1.02. The van der Waals surface area contributed by atoms with Gasteiger partial charge in [-0.05, 0) is 25.1 Å². The highest BCUT2D eigenvalue weighted by molar-refractivity contribution is 5.20. The smallest absolute Gasteiger partial charge is 0.119 e. The Morgan fingerprint density at radius 3 is 2.00 bits per heavy atom. The zero-order valence-corrected chi connectivity index (χ0v) is 11.2. The van der Waals surface area contributed by atoms with Gasteiger partial charge in [-0.2, -0.15) is 0 Å². The first-order valence-corrected chi connectivity index (χ1v) is 6.23. The maximum absolute atomic E-state index is 5.37. The lowest BCUT2D eigenvalue weighted by molar-refractivity contribution is 0.313. The van der Waals surface area contributed by atoms with Crippen LogP contribution in [0.1, 0.15) is 40.5 Å². The third-order valence-electron chi connectivity index (χ3n) is 1.36. The van der Waals surface area contributed by atoms with Crippen LogP contribution in [-0.2, 0) is 0 Å². The van der Waals surface area contributed by atoms with Gasteiger partial charge in [-0.3, -0.25) is 0 Å². The first-order chi connectivity index (χ1) is 7.85. The average Bonchev–Trinajstić information content (AvgIpc) is 2.34. The maximum Gasteiger partial charge on any atom is 0.119 e. The van der Waals surface area contributed by atoms with E-state index in [0.29, 0.717) is 13.2 Å². The Morgan fingerprint density at radius 1 is 1.06 bits per heavy atom. The van der Waals surface area contributed by atoms with Crippen molar-refractivity contribution in [2.24, 2.45) is 5.73 Å². The number of para-hydroxylation sites is 1. The van der Waals surface area contributed by atoms with E-state index in [1.165, 1.54) is 6.42 Å². The zero-order chi connectivity index (χ0) is 12.6. The Labute approximate surface area is 101 Å². The number of hydrogen-bond acceptors (Lipinski definition) is 2. The molecule has 16 heavy (non-hydrogen) atoms. The minimum Gasteiger partial charge on any atom is -0.494 e. The number of nitrogens with two attached hydrogens (primary N) is 1. The summed E-state index contributed by atoms with van der Waals surface area (Å²) in [4.78, 5) is 0. The first-order valence-electron chi connectivity index (χ1n) is 6.23. The molecule has 0 saturated carbocycles. The standard InChI is InChI=1S/C9H13NO.C3H8.C2H6/c10-7-4-8-11-9-5-2-1-3-6-9;1-3-2;1-2/h1-3,5-6H,4,7-8,10H2;3H2,1-2H3;1-2H3. The Bertz CT molecular complexity index is 199. The minimum absolute atomic E-state index is 0.687. The molecule has 0 fully saturated rings. The molecule has 0 aliphatic rings. The van der Waals surface area contributed by atoms with Crippen molar-refractivity contribution in [1.29, 1.82) is 0 Å². The molecule has 94 valence electrons. The Balaban J connectivity index is 0. The second-order valence-electron chi connectivity index (χ2n) is 3.01. The lowest BCUT2D eigenvalue weighted by Crippen LogP contribution is -2.05. The van der Waals surface area contributed by atoms with Crippen molar-refractivity contribution < 1.29 is 4.74 Å². The summed E-state index contributed by atoms with van der Waals surface area (Å²) in [7, 11) is 0. The molecule has 0 aliphatic heterocycles. The fourth-order valence-electron chi connectivity index (χ4n) is 0.790. The van der Waals surface area contributed by atoms with E-state index in [0.717, 1.165) is 12.2 Å². The summed E-state index contributed by atoms with van der Waals surface area (Å²) in [6.45, 7) is 9.65. The minimum atomic E-state index is 0.687. The van der Waals surface area contributed by atoms with Gasteiger partial charge in [0.05, 0.1) is 6.61 Å². The van der Waals surface area contributed by atoms with Gasteiger partial charge in [0.15, 0.2) is 0 Å². The van der Waals surface area contributed by atoms with Crippen molar-refractivity contribution >= 4 is 0 Å². The molecule has 0 heterocycles. The largest absolute Gasteiger partial charge is 0.494 e. The summed E-state index contributed by atoms with van der Waals surface area (Å²) in [5.41, 5.74) is 5.31. The number of rotatable bonds is 4. The maximum atomic E-state index is 5.37. The summed E-state index contributed by atoms with van der Waals surface area (Å²) in [6, 6.07) is 9.76. The number of benzene rings is 1. The molecule has 0 bridgehead atoms. The predicted octanol–water partition coefficient (Wildman–Crippen LogP) is 3.86. The summed E-state index contributed by atoms with van der Waals surface area (Å²) < 4.78 is 5.37. The molecule has 2 nitrogen and oxygen atoms in total. The number of ether oxygens (including phenoxy) is 1. The van der Waals surface area contributed by atoms with E-state index in [2.05, 4.69) is 13.8 Å². The monoisotopic (exact) mass is 225 g/mol. The summed E-state index contributed by atoms with van der Waals surface area (Å²) in [5, 5.41) is 0. The van der Waals surface area contributed by atoms with E-state index in [1.807, 2.05) is 44.2 Å². The van der Waals surface area contributed by atoms with Gasteiger partial charge >= 0.3 is 0 Å². The summed E-state index contributed by atoms with van der Waals surface area (Å²) >= 11 is 0. The van der Waals surface area contributed by atoms with Crippen molar-refractivity contribution in [2.75, 3.05) is 13.2 Å². The van der Waals surface area contributed by atoms with E-state index in [9.17, 15) is 0 Å². The third kappa shape index (κ3) is 13.0. The zero-order valence-electron chi connectivity index (χ0n) is 11.2. The van der Waals surface area contributed by atoms with E-state index < -0.39 is 0 Å². The van der Waals surface area contributed by atoms with Crippen molar-refractivity contribution in [3.05, 3.63) is 30.3 Å². The topological polar surface area (TPSA) is 35.2 Å². The molecule has 0 unspecified atom stereocenters. The van der Waals surface area contributed by atoms with Gasteiger partial charge in [0.1, 0.15) is 5.75 Å². The van der Waals surface area contributed by atoms with Crippen LogP contribution in [0.4, 0.5) is 0 Å². The van der Waals surface area contributed by atoms with Crippen LogP contribution in [0.15, 0.2) is 30.3 Å². The van der Waals surface area contributed by atoms with Crippen molar-refractivity contribution in [2.45, 2.75) is 40.5 Å². The quantitative estimate of drug-likeness (QED) is 0.790. The van der Waals surface area contributed by atoms with Crippen LogP contribution in [0.25, 0.3) is 0 Å². The van der Waals surface area contributed by atoms with Gasteiger partial charge in [-0.25, -0.2) is 0 Å². The molecule has 0 radical (unpaired) electrons. The molecule has 0 saturated heterocycles. The second kappa shape index (κ2) is 16.4. The van der Waals surface area contributed by atoms with Crippen LogP contribution in [0.5, 0.6) is 5.75 Å². The average molecular weight is 225 g/mol. The fraction of sp³-hybridized carbons (Fsp3) is 0.571. The SMILES string of the molecule is CC.CCC.NCCCOc1ccccc1. The molecule has 0 aliphatic carbocycles. The molecular weight excluding hydrogens is 198 g/mol. The van der Waals surface area contributed by atoms with Crippen LogP contribution in [-0.4, -0.2) is 13.2 Å². The van der Waals surface area contributed by atoms with E-state index >= 15 is 0 Å². The van der Waals surface area contributed by atoms with Gasteiger partial charge in [-0.15, -0.1) is 0 Å². The van der Waals surface area contributed by atoms with Crippen molar-refractivity contribution in [3.8, 4) is 5.75 Å². The number of hydrogen-bond donors (Lipinski definition) is 1. The molecule has 0 amide bonds. The normalized spacial score (nSPS) is 8.06. The van der Waals surface area contributed by atoms with Crippen LogP contribution in [0, 0.1) is 0 Å². The molecule has 2 N–H and O–H groups in total. The summed E-state index contributed by atoms with van der Waals surface area (Å²) in [5.74, 6) is 0.918. The highest BCUT2D eigenvalue weighted by Crippen LogP contribution is 2.07. The van der Waals surface area contributed by atoms with Crippen LogP contribution >= 0.6 is 0 Å². The molecule has 1 rings (SSSR count). The molecule has 1 aromatic carbocycles. The van der Waals surface area contributed by atoms with Gasteiger partial charge < -0.3 is 10.5 Å². The van der Waals surface area contributed by atoms with Gasteiger partial charge in [-0.1, -0.05) is 52.3 Å². The Morgan fingerprint density at radius 2 is 1.56 bits per heavy atom. The van der Waals surface area contributed by atoms with Gasteiger partial charge in [0, 0.05) is 0 Å². The van der Waals surface area contributed by atoms with E-state index in [4.69, 9.17) is 10.5 Å². The van der Waals surface area contributed by atoms with Crippen LogP contribution in [0.2, 0.25) is 0 Å². The third-order valence-corrected chi connectivity index (χ3v) is 1.36. The molecule has 0 atom stereocenters. The molecule has 0 aromatic heterocycles. The molecule has 2 heteroatoms. The molecular formula is C14H27NO. The van der Waals surface area contributed by atoms with Crippen LogP contribution < -0.4 is 10.5 Å². The predicted molar refractivity (Wildman–Crippen MR) is 72.9 cm³/mol. The molecule has 1 aromatic rings. The lowest BCUT2D eigenvalue weighted by atomic mass is 10.3. The van der Waals surface area contributed by atoms with Gasteiger partial charge in [0.25, 0.3) is 0 Å². The highest BCUT2D eigenvalue weighted by atomic mass is 16.5. The van der Waals surface area contributed by atoms with Crippen molar-refractivity contribution in [3.63, 3.8) is 0 Å². The highest BCUT2D eigenvalue weighted by Gasteiger charge is 1.88. The first kappa shape index (κ1) is 17.4. The molecule has 0 spiro atoms. The summed E-state index contributed by atoms with van der Waals surface area (Å²) in [6.07, 6.45) is 2.16. The van der Waals surface area contributed by atoms with Gasteiger partial charge in [0.2, 0.25) is 0 Å². The van der Waals surface area contributed by atoms with Crippen molar-refractivity contribution in [1.82, 2.24) is 0 Å². The lowest BCUT2D eigenvalue weighted by Gasteiger charge is -2.03.